The van der Waals surface area contributed by atoms with Crippen molar-refractivity contribution in [2.24, 2.45) is 5.41 Å². The van der Waals surface area contributed by atoms with Gasteiger partial charge in [0.05, 0.1) is 13.2 Å². The Morgan fingerprint density at radius 2 is 2.00 bits per heavy atom. The third-order valence-corrected chi connectivity index (χ3v) is 8.36. The van der Waals surface area contributed by atoms with Crippen LogP contribution in [0.3, 0.4) is 0 Å². The fourth-order valence-electron chi connectivity index (χ4n) is 5.86. The predicted octanol–water partition coefficient (Wildman–Crippen LogP) is 5.24. The molecule has 226 valence electrons. The molecule has 0 aromatic carbocycles. The van der Waals surface area contributed by atoms with Crippen LogP contribution in [-0.2, 0) is 9.53 Å². The van der Waals surface area contributed by atoms with Crippen LogP contribution >= 0.6 is 0 Å². The Labute approximate surface area is 251 Å². The minimum absolute atomic E-state index is 0.0535. The Bertz CT molecular complexity index is 1330. The number of allylic oxidation sites excluding steroid dienone is 7. The van der Waals surface area contributed by atoms with Gasteiger partial charge in [-0.25, -0.2) is 0 Å². The molecule has 0 saturated carbocycles. The van der Waals surface area contributed by atoms with Crippen LogP contribution in [0.5, 0.6) is 0 Å². The number of ether oxygens (including phenoxy) is 1. The van der Waals surface area contributed by atoms with Gasteiger partial charge in [0, 0.05) is 97.1 Å². The summed E-state index contributed by atoms with van der Waals surface area (Å²) < 4.78 is 5.63. The second-order valence-corrected chi connectivity index (χ2v) is 12.4. The molecule has 0 unspecified atom stereocenters. The summed E-state index contributed by atoms with van der Waals surface area (Å²) in [7, 11) is 3.99. The van der Waals surface area contributed by atoms with Crippen LogP contribution in [0.4, 0.5) is 0 Å². The standard InChI is InChI=1S/C34H48N6O2/c1-8-25(20-39(6)7)27-16-31(37-19-27)28-10-9-11-30(29(28)18-35)38-32-17-26(12-13-34(32,4)5)33(41)36-14-15-40-23(2)21-42-22-24(40)3/h8,11-12,16-20,23-24,35,37-38H,1,9-10,13-15,21-22H2,2-7H3,(H,36,41)/b25-20+,35-18?/t23-,24-/m1/s1. The predicted molar refractivity (Wildman–Crippen MR) is 173 cm³/mol. The number of rotatable bonds is 11. The summed E-state index contributed by atoms with van der Waals surface area (Å²) in [4.78, 5) is 21.0. The lowest BCUT2D eigenvalue weighted by Gasteiger charge is -2.38. The van der Waals surface area contributed by atoms with Crippen molar-refractivity contribution in [1.29, 1.82) is 5.41 Å². The number of aromatic nitrogens is 1. The first-order valence-corrected chi connectivity index (χ1v) is 15.0. The SMILES string of the molecule is C=C/C(=C\N(C)C)c1c[nH]c(C2=C(C=N)C(NC3=CC(C(=O)NCCN4[C@H](C)COC[C@H]4C)=CCC3(C)C)=CCC2)c1. The largest absolute Gasteiger partial charge is 0.383 e. The van der Waals surface area contributed by atoms with Crippen LogP contribution in [0.15, 0.2) is 71.9 Å². The Hall–Kier alpha value is -3.62. The van der Waals surface area contributed by atoms with Crippen molar-refractivity contribution in [3.05, 3.63) is 83.1 Å². The van der Waals surface area contributed by atoms with E-state index in [0.717, 1.165) is 78.4 Å². The Morgan fingerprint density at radius 3 is 2.67 bits per heavy atom. The second kappa shape index (κ2) is 13.6. The number of nitrogens with one attached hydrogen (secondary N) is 4. The molecule has 3 aliphatic rings. The summed E-state index contributed by atoms with van der Waals surface area (Å²) in [6, 6.07) is 2.82. The van der Waals surface area contributed by atoms with E-state index in [1.807, 2.05) is 49.6 Å². The summed E-state index contributed by atoms with van der Waals surface area (Å²) in [6.45, 7) is 15.5. The zero-order chi connectivity index (χ0) is 30.4. The highest BCUT2D eigenvalue weighted by molar-refractivity contribution is 5.97. The number of carbonyl (C=O) groups excluding carboxylic acids is 1. The molecule has 1 fully saturated rings. The molecule has 1 aromatic heterocycles. The van der Waals surface area contributed by atoms with E-state index < -0.39 is 0 Å². The van der Waals surface area contributed by atoms with E-state index in [4.69, 9.17) is 10.1 Å². The molecular formula is C34H48N6O2. The number of amides is 1. The number of hydrogen-bond donors (Lipinski definition) is 4. The molecule has 0 spiro atoms. The van der Waals surface area contributed by atoms with Crippen LogP contribution < -0.4 is 10.6 Å². The van der Waals surface area contributed by atoms with Crippen LogP contribution in [0, 0.1) is 10.8 Å². The highest BCUT2D eigenvalue weighted by atomic mass is 16.5. The molecule has 8 heteroatoms. The van der Waals surface area contributed by atoms with Gasteiger partial charge in [-0.15, -0.1) is 0 Å². The van der Waals surface area contributed by atoms with Gasteiger partial charge in [0.1, 0.15) is 0 Å². The second-order valence-electron chi connectivity index (χ2n) is 12.4. The fraction of sp³-hybridized carbons (Fsp3) is 0.471. The normalized spacial score (nSPS) is 23.0. The van der Waals surface area contributed by atoms with Gasteiger partial charge in [-0.2, -0.15) is 0 Å². The maximum absolute atomic E-state index is 13.2. The van der Waals surface area contributed by atoms with Crippen molar-refractivity contribution in [1.82, 2.24) is 25.4 Å². The number of hydrogen-bond acceptors (Lipinski definition) is 6. The maximum Gasteiger partial charge on any atom is 0.251 e. The van der Waals surface area contributed by atoms with Gasteiger partial charge in [-0.1, -0.05) is 38.7 Å². The number of morpholine rings is 1. The van der Waals surface area contributed by atoms with Gasteiger partial charge < -0.3 is 30.7 Å². The fourth-order valence-corrected chi connectivity index (χ4v) is 5.86. The summed E-state index contributed by atoms with van der Waals surface area (Å²) in [6.07, 6.45) is 16.0. The lowest BCUT2D eigenvalue weighted by molar-refractivity contribution is -0.117. The molecule has 0 radical (unpaired) electrons. The van der Waals surface area contributed by atoms with E-state index >= 15 is 0 Å². The van der Waals surface area contributed by atoms with Crippen molar-refractivity contribution in [2.75, 3.05) is 40.4 Å². The van der Waals surface area contributed by atoms with Crippen LogP contribution in [0.1, 0.15) is 58.2 Å². The summed E-state index contributed by atoms with van der Waals surface area (Å²) >= 11 is 0. The van der Waals surface area contributed by atoms with Crippen LogP contribution in [0.2, 0.25) is 0 Å². The minimum atomic E-state index is -0.177. The molecule has 2 aliphatic carbocycles. The van der Waals surface area contributed by atoms with Crippen molar-refractivity contribution < 1.29 is 9.53 Å². The van der Waals surface area contributed by atoms with Crippen molar-refractivity contribution in [3.8, 4) is 0 Å². The lowest BCUT2D eigenvalue weighted by Crippen LogP contribution is -2.51. The van der Waals surface area contributed by atoms with E-state index in [9.17, 15) is 4.79 Å². The van der Waals surface area contributed by atoms with E-state index in [-0.39, 0.29) is 11.3 Å². The Kier molecular flexibility index (Phi) is 10.1. The molecule has 1 aromatic rings. The quantitative estimate of drug-likeness (QED) is 0.215. The molecule has 4 N–H and O–H groups in total. The lowest BCUT2D eigenvalue weighted by atomic mass is 9.79. The van der Waals surface area contributed by atoms with Gasteiger partial charge in [-0.3, -0.25) is 9.69 Å². The number of H-pyrrole nitrogens is 1. The van der Waals surface area contributed by atoms with E-state index in [2.05, 4.69) is 66.9 Å². The summed E-state index contributed by atoms with van der Waals surface area (Å²) in [5.41, 5.74) is 7.44. The van der Waals surface area contributed by atoms with Crippen LogP contribution in [0.25, 0.3) is 11.1 Å². The third-order valence-electron chi connectivity index (χ3n) is 8.36. The smallest absolute Gasteiger partial charge is 0.251 e. The minimum Gasteiger partial charge on any atom is -0.383 e. The van der Waals surface area contributed by atoms with E-state index in [1.54, 1.807) is 0 Å². The third kappa shape index (κ3) is 7.23. The van der Waals surface area contributed by atoms with Crippen LogP contribution in [-0.4, -0.2) is 79.4 Å². The number of aromatic amines is 1. The van der Waals surface area contributed by atoms with Gasteiger partial charge >= 0.3 is 0 Å². The van der Waals surface area contributed by atoms with Gasteiger partial charge in [0.25, 0.3) is 5.91 Å². The molecule has 2 heterocycles. The van der Waals surface area contributed by atoms with Gasteiger partial charge in [-0.05, 0) is 56.4 Å². The molecule has 2 atom stereocenters. The van der Waals surface area contributed by atoms with E-state index in [0.29, 0.717) is 24.2 Å². The van der Waals surface area contributed by atoms with Crippen molar-refractivity contribution >= 4 is 23.3 Å². The van der Waals surface area contributed by atoms with Crippen molar-refractivity contribution in [2.45, 2.75) is 59.0 Å². The Balaban J connectivity index is 1.49. The zero-order valence-electron chi connectivity index (χ0n) is 26.1. The summed E-state index contributed by atoms with van der Waals surface area (Å²) in [5, 5.41) is 15.1. The molecule has 42 heavy (non-hydrogen) atoms. The highest BCUT2D eigenvalue weighted by Gasteiger charge is 2.30. The topological polar surface area (TPSA) is 96.5 Å². The molecular weight excluding hydrogens is 524 g/mol. The molecule has 4 rings (SSSR count). The molecule has 1 aliphatic heterocycles. The highest BCUT2D eigenvalue weighted by Crippen LogP contribution is 2.37. The first-order valence-electron chi connectivity index (χ1n) is 15.0. The first kappa shape index (κ1) is 31.3. The maximum atomic E-state index is 13.2. The molecule has 8 nitrogen and oxygen atoms in total. The molecule has 1 saturated heterocycles. The first-order chi connectivity index (χ1) is 20.0. The van der Waals surface area contributed by atoms with Gasteiger partial charge in [0.15, 0.2) is 0 Å². The average Bonchev–Trinajstić information content (AvgIpc) is 3.44. The number of nitrogens with zero attached hydrogens (tertiary/aromatic N) is 2. The molecule has 0 bridgehead atoms. The van der Waals surface area contributed by atoms with Crippen molar-refractivity contribution in [3.63, 3.8) is 0 Å². The van der Waals surface area contributed by atoms with Gasteiger partial charge in [0.2, 0.25) is 0 Å². The summed E-state index contributed by atoms with van der Waals surface area (Å²) in [5.74, 6) is -0.0535. The Morgan fingerprint density at radius 1 is 1.26 bits per heavy atom. The number of carbonyl (C=O) groups is 1. The zero-order valence-corrected chi connectivity index (χ0v) is 26.1. The average molecular weight is 573 g/mol. The van der Waals surface area contributed by atoms with E-state index in [1.165, 1.54) is 6.21 Å². The monoisotopic (exact) mass is 572 g/mol. The molecule has 1 amide bonds.